The highest BCUT2D eigenvalue weighted by Gasteiger charge is 2.34. The Labute approximate surface area is 81.8 Å². The van der Waals surface area contributed by atoms with Crippen LogP contribution in [0.3, 0.4) is 0 Å². The fraction of sp³-hybridized carbons (Fsp3) is 0.900. The minimum atomic E-state index is -1.59. The van der Waals surface area contributed by atoms with Crippen LogP contribution in [0, 0.1) is 0 Å². The molecular formula is C10H20O2Si. The van der Waals surface area contributed by atoms with Crippen LogP contribution < -0.4 is 0 Å². The Kier molecular flexibility index (Phi) is 3.97. The Balaban J connectivity index is 2.36. The molecule has 0 N–H and O–H groups in total. The number of rotatable bonds is 3. The lowest BCUT2D eigenvalue weighted by Gasteiger charge is -2.30. The van der Waals surface area contributed by atoms with Gasteiger partial charge in [-0.05, 0) is 25.1 Å². The molecule has 1 saturated heterocycles. The fourth-order valence-electron chi connectivity index (χ4n) is 1.93. The summed E-state index contributed by atoms with van der Waals surface area (Å²) in [5.74, 6) is 0.0403. The highest BCUT2D eigenvalue weighted by molar-refractivity contribution is 6.74. The molecule has 13 heavy (non-hydrogen) atoms. The van der Waals surface area contributed by atoms with Crippen molar-refractivity contribution in [3.63, 3.8) is 0 Å². The van der Waals surface area contributed by atoms with Crippen molar-refractivity contribution in [2.24, 2.45) is 0 Å². The van der Waals surface area contributed by atoms with Crippen LogP contribution in [-0.2, 0) is 9.22 Å². The quantitative estimate of drug-likeness (QED) is 0.654. The molecule has 0 aromatic rings. The Morgan fingerprint density at radius 1 is 1.31 bits per heavy atom. The Morgan fingerprint density at radius 2 is 1.92 bits per heavy atom. The van der Waals surface area contributed by atoms with E-state index in [-0.39, 0.29) is 5.97 Å². The molecule has 2 nitrogen and oxygen atoms in total. The van der Waals surface area contributed by atoms with Crippen molar-refractivity contribution in [2.45, 2.75) is 57.7 Å². The Morgan fingerprint density at radius 3 is 2.46 bits per heavy atom. The summed E-state index contributed by atoms with van der Waals surface area (Å²) >= 11 is 0. The van der Waals surface area contributed by atoms with Gasteiger partial charge in [0.2, 0.25) is 0 Å². The van der Waals surface area contributed by atoms with Gasteiger partial charge in [0.15, 0.2) is 0 Å². The fourth-order valence-corrected chi connectivity index (χ4v) is 5.03. The number of hydrogen-bond donors (Lipinski definition) is 0. The van der Waals surface area contributed by atoms with Crippen LogP contribution in [0.4, 0.5) is 0 Å². The molecular weight excluding hydrogens is 180 g/mol. The van der Waals surface area contributed by atoms with Crippen molar-refractivity contribution in [2.75, 3.05) is 0 Å². The van der Waals surface area contributed by atoms with Gasteiger partial charge in [-0.15, -0.1) is 0 Å². The van der Waals surface area contributed by atoms with Crippen LogP contribution in [0.15, 0.2) is 0 Å². The van der Waals surface area contributed by atoms with Crippen molar-refractivity contribution >= 4 is 14.3 Å². The van der Waals surface area contributed by atoms with E-state index in [1.165, 1.54) is 31.4 Å². The van der Waals surface area contributed by atoms with Gasteiger partial charge in [0, 0.05) is 6.42 Å². The van der Waals surface area contributed by atoms with Crippen molar-refractivity contribution in [3.8, 4) is 0 Å². The molecule has 1 aliphatic heterocycles. The van der Waals surface area contributed by atoms with Gasteiger partial charge < -0.3 is 4.43 Å². The largest absolute Gasteiger partial charge is 0.519 e. The van der Waals surface area contributed by atoms with Gasteiger partial charge in [0.05, 0.1) is 0 Å². The summed E-state index contributed by atoms with van der Waals surface area (Å²) in [5.41, 5.74) is 0. The van der Waals surface area contributed by atoms with E-state index in [1.54, 1.807) is 0 Å². The van der Waals surface area contributed by atoms with E-state index >= 15 is 0 Å². The summed E-state index contributed by atoms with van der Waals surface area (Å²) < 4.78 is 5.62. The predicted molar refractivity (Wildman–Crippen MR) is 56.1 cm³/mol. The van der Waals surface area contributed by atoms with Crippen LogP contribution in [0.1, 0.15) is 39.0 Å². The van der Waals surface area contributed by atoms with Crippen molar-refractivity contribution in [1.82, 2.24) is 0 Å². The molecule has 0 radical (unpaired) electrons. The highest BCUT2D eigenvalue weighted by atomic mass is 28.4. The lowest BCUT2D eigenvalue weighted by molar-refractivity contribution is -0.135. The van der Waals surface area contributed by atoms with Gasteiger partial charge >= 0.3 is 0 Å². The first kappa shape index (κ1) is 10.8. The molecule has 0 bridgehead atoms. The van der Waals surface area contributed by atoms with Gasteiger partial charge in [-0.2, -0.15) is 0 Å². The zero-order valence-electron chi connectivity index (χ0n) is 8.77. The molecule has 1 heterocycles. The van der Waals surface area contributed by atoms with Gasteiger partial charge in [-0.3, -0.25) is 4.79 Å². The van der Waals surface area contributed by atoms with Crippen LogP contribution in [-0.4, -0.2) is 14.3 Å². The summed E-state index contributed by atoms with van der Waals surface area (Å²) in [5, 5.41) is 0. The normalized spacial score (nSPS) is 21.1. The maximum atomic E-state index is 11.3. The molecule has 0 amide bonds. The molecule has 0 spiro atoms. The summed E-state index contributed by atoms with van der Waals surface area (Å²) in [6, 6.07) is 2.37. The Hall–Kier alpha value is -0.313. The molecule has 1 fully saturated rings. The molecule has 0 unspecified atom stereocenters. The first-order valence-corrected chi connectivity index (χ1v) is 8.20. The van der Waals surface area contributed by atoms with Crippen molar-refractivity contribution < 1.29 is 9.22 Å². The zero-order chi connectivity index (χ0) is 9.73. The maximum absolute atomic E-state index is 11.3. The SMILES string of the molecule is CCCC(=O)O[Si]1(C)CCCCC1. The molecule has 0 aromatic carbocycles. The first-order chi connectivity index (χ1) is 6.16. The lowest BCUT2D eigenvalue weighted by Crippen LogP contribution is -2.38. The van der Waals surface area contributed by atoms with E-state index in [0.29, 0.717) is 6.42 Å². The van der Waals surface area contributed by atoms with Gasteiger partial charge in [-0.25, -0.2) is 0 Å². The predicted octanol–water partition coefficient (Wildman–Crippen LogP) is 3.09. The van der Waals surface area contributed by atoms with Crippen LogP contribution in [0.25, 0.3) is 0 Å². The average Bonchev–Trinajstić information content (AvgIpc) is 2.04. The topological polar surface area (TPSA) is 26.3 Å². The van der Waals surface area contributed by atoms with E-state index in [2.05, 4.69) is 6.55 Å². The van der Waals surface area contributed by atoms with Crippen LogP contribution >= 0.6 is 0 Å². The molecule has 0 aromatic heterocycles. The van der Waals surface area contributed by atoms with E-state index in [1.807, 2.05) is 6.92 Å². The summed E-state index contributed by atoms with van der Waals surface area (Å²) in [4.78, 5) is 11.3. The lowest BCUT2D eigenvalue weighted by atomic mass is 10.3. The van der Waals surface area contributed by atoms with Crippen LogP contribution in [0.2, 0.25) is 18.6 Å². The summed E-state index contributed by atoms with van der Waals surface area (Å²) in [7, 11) is -1.59. The number of carbonyl (C=O) groups excluding carboxylic acids is 1. The van der Waals surface area contributed by atoms with E-state index in [0.717, 1.165) is 6.42 Å². The second-order valence-corrected chi connectivity index (χ2v) is 8.34. The van der Waals surface area contributed by atoms with Gasteiger partial charge in [0.25, 0.3) is 14.3 Å². The number of hydrogen-bond acceptors (Lipinski definition) is 2. The summed E-state index contributed by atoms with van der Waals surface area (Å²) in [6.45, 7) is 4.23. The standard InChI is InChI=1S/C10H20O2Si/c1-3-7-10(11)12-13(2)8-5-4-6-9-13/h3-9H2,1-2H3. The molecule has 0 saturated carbocycles. The monoisotopic (exact) mass is 200 g/mol. The zero-order valence-corrected chi connectivity index (χ0v) is 9.77. The van der Waals surface area contributed by atoms with E-state index in [4.69, 9.17) is 4.43 Å². The van der Waals surface area contributed by atoms with E-state index in [9.17, 15) is 4.79 Å². The van der Waals surface area contributed by atoms with E-state index < -0.39 is 8.32 Å². The third-order valence-corrected chi connectivity index (χ3v) is 6.27. The van der Waals surface area contributed by atoms with Crippen molar-refractivity contribution in [3.05, 3.63) is 0 Å². The second kappa shape index (κ2) is 4.79. The minimum Gasteiger partial charge on any atom is -0.519 e. The van der Waals surface area contributed by atoms with Gasteiger partial charge in [-0.1, -0.05) is 26.2 Å². The second-order valence-electron chi connectivity index (χ2n) is 4.23. The Bertz CT molecular complexity index is 174. The summed E-state index contributed by atoms with van der Waals surface area (Å²) in [6.07, 6.45) is 5.37. The minimum absolute atomic E-state index is 0.0403. The van der Waals surface area contributed by atoms with Gasteiger partial charge in [0.1, 0.15) is 0 Å². The van der Waals surface area contributed by atoms with Crippen LogP contribution in [0.5, 0.6) is 0 Å². The third-order valence-electron chi connectivity index (χ3n) is 2.73. The number of carbonyl (C=O) groups is 1. The van der Waals surface area contributed by atoms with Crippen molar-refractivity contribution in [1.29, 1.82) is 0 Å². The molecule has 3 heteroatoms. The maximum Gasteiger partial charge on any atom is 0.292 e. The highest BCUT2D eigenvalue weighted by Crippen LogP contribution is 2.29. The third kappa shape index (κ3) is 3.51. The average molecular weight is 200 g/mol. The molecule has 0 atom stereocenters. The molecule has 76 valence electrons. The molecule has 0 aliphatic carbocycles. The first-order valence-electron chi connectivity index (χ1n) is 5.38. The molecule has 1 aliphatic rings. The molecule has 1 rings (SSSR count). The smallest absolute Gasteiger partial charge is 0.292 e.